The standard InChI is InChI=1S/C10H16N4S/c1-7-2-5-9(15-7)6-12-10(14-11)13-8-3-4-8/h2,5,8H,3-4,6,11H2,1H3,(H2,12,13,14). The molecule has 5 heteroatoms. The summed E-state index contributed by atoms with van der Waals surface area (Å²) in [5.41, 5.74) is 2.59. The van der Waals surface area contributed by atoms with Crippen LogP contribution in [-0.2, 0) is 6.54 Å². The number of rotatable bonds is 3. The zero-order valence-electron chi connectivity index (χ0n) is 8.79. The molecule has 1 heterocycles. The van der Waals surface area contributed by atoms with Gasteiger partial charge in [0.05, 0.1) is 6.54 Å². The minimum atomic E-state index is 0.574. The van der Waals surface area contributed by atoms with Gasteiger partial charge in [-0.25, -0.2) is 10.8 Å². The largest absolute Gasteiger partial charge is 0.353 e. The van der Waals surface area contributed by atoms with Crippen LogP contribution in [0.5, 0.6) is 0 Å². The van der Waals surface area contributed by atoms with Crippen LogP contribution in [-0.4, -0.2) is 12.0 Å². The number of thiophene rings is 1. The minimum absolute atomic E-state index is 0.574. The van der Waals surface area contributed by atoms with Gasteiger partial charge in [0.2, 0.25) is 5.96 Å². The van der Waals surface area contributed by atoms with E-state index in [9.17, 15) is 0 Å². The van der Waals surface area contributed by atoms with E-state index in [2.05, 4.69) is 34.8 Å². The molecule has 0 radical (unpaired) electrons. The molecule has 4 nitrogen and oxygen atoms in total. The van der Waals surface area contributed by atoms with Gasteiger partial charge < -0.3 is 5.32 Å². The first-order valence-corrected chi connectivity index (χ1v) is 5.92. The van der Waals surface area contributed by atoms with E-state index in [1.807, 2.05) is 0 Å². The van der Waals surface area contributed by atoms with E-state index in [0.717, 1.165) is 0 Å². The van der Waals surface area contributed by atoms with Crippen molar-refractivity contribution in [2.75, 3.05) is 0 Å². The lowest BCUT2D eigenvalue weighted by Gasteiger charge is -2.06. The fourth-order valence-corrected chi connectivity index (χ4v) is 2.10. The summed E-state index contributed by atoms with van der Waals surface area (Å²) in [6.45, 7) is 2.79. The summed E-state index contributed by atoms with van der Waals surface area (Å²) in [5.74, 6) is 6.08. The van der Waals surface area contributed by atoms with Gasteiger partial charge in [0.25, 0.3) is 0 Å². The number of hydrazine groups is 1. The van der Waals surface area contributed by atoms with Gasteiger partial charge in [-0.15, -0.1) is 11.3 Å². The average Bonchev–Trinajstić information content (AvgIpc) is 2.95. The smallest absolute Gasteiger partial charge is 0.206 e. The highest BCUT2D eigenvalue weighted by molar-refractivity contribution is 7.11. The summed E-state index contributed by atoms with van der Waals surface area (Å²) in [6, 6.07) is 4.79. The van der Waals surface area contributed by atoms with Crippen LogP contribution in [0.1, 0.15) is 22.6 Å². The van der Waals surface area contributed by atoms with Crippen LogP contribution < -0.4 is 16.6 Å². The first kappa shape index (κ1) is 10.4. The monoisotopic (exact) mass is 224 g/mol. The highest BCUT2D eigenvalue weighted by Gasteiger charge is 2.21. The number of guanidine groups is 1. The lowest BCUT2D eigenvalue weighted by molar-refractivity contribution is 0.822. The number of aliphatic imine (C=N–C) groups is 1. The molecule has 0 spiro atoms. The van der Waals surface area contributed by atoms with Crippen molar-refractivity contribution >= 4 is 17.3 Å². The molecule has 1 saturated carbocycles. The van der Waals surface area contributed by atoms with Crippen LogP contribution in [0.3, 0.4) is 0 Å². The number of nitrogens with two attached hydrogens (primary N) is 1. The van der Waals surface area contributed by atoms with E-state index < -0.39 is 0 Å². The Morgan fingerprint density at radius 3 is 2.93 bits per heavy atom. The number of hydrogen-bond acceptors (Lipinski definition) is 3. The summed E-state index contributed by atoms with van der Waals surface area (Å²) < 4.78 is 0. The first-order chi connectivity index (χ1) is 7.28. The highest BCUT2D eigenvalue weighted by Crippen LogP contribution is 2.19. The van der Waals surface area contributed by atoms with Gasteiger partial charge in [-0.05, 0) is 31.9 Å². The van der Waals surface area contributed by atoms with Gasteiger partial charge >= 0.3 is 0 Å². The SMILES string of the molecule is Cc1ccc(CN=C(NN)NC2CC2)s1. The van der Waals surface area contributed by atoms with E-state index >= 15 is 0 Å². The van der Waals surface area contributed by atoms with Crippen LogP contribution in [0.15, 0.2) is 17.1 Å². The van der Waals surface area contributed by atoms with Crippen molar-refractivity contribution < 1.29 is 0 Å². The zero-order valence-corrected chi connectivity index (χ0v) is 9.60. The second-order valence-electron chi connectivity index (χ2n) is 3.74. The molecule has 15 heavy (non-hydrogen) atoms. The molecule has 1 aromatic rings. The third-order valence-electron chi connectivity index (χ3n) is 2.24. The Bertz CT molecular complexity index is 354. The summed E-state index contributed by atoms with van der Waals surface area (Å²) in [6.07, 6.45) is 2.44. The first-order valence-electron chi connectivity index (χ1n) is 5.11. The average molecular weight is 224 g/mol. The molecule has 1 aromatic heterocycles. The third kappa shape index (κ3) is 3.21. The number of aryl methyl sites for hydroxylation is 1. The van der Waals surface area contributed by atoms with Crippen molar-refractivity contribution in [3.05, 3.63) is 21.9 Å². The maximum atomic E-state index is 5.38. The second-order valence-corrected chi connectivity index (χ2v) is 5.11. The Morgan fingerprint density at radius 2 is 2.40 bits per heavy atom. The highest BCUT2D eigenvalue weighted by atomic mass is 32.1. The maximum Gasteiger partial charge on any atom is 0.206 e. The molecule has 82 valence electrons. The summed E-state index contributed by atoms with van der Waals surface area (Å²) >= 11 is 1.77. The molecule has 1 aliphatic rings. The Labute approximate surface area is 93.6 Å². The Hall–Kier alpha value is -1.07. The van der Waals surface area contributed by atoms with E-state index in [4.69, 9.17) is 5.84 Å². The van der Waals surface area contributed by atoms with Gasteiger partial charge in [0, 0.05) is 15.8 Å². The predicted molar refractivity (Wildman–Crippen MR) is 63.7 cm³/mol. The summed E-state index contributed by atoms with van der Waals surface area (Å²) in [5, 5.41) is 3.24. The van der Waals surface area contributed by atoms with Crippen LogP contribution in [0.2, 0.25) is 0 Å². The van der Waals surface area contributed by atoms with Crippen LogP contribution in [0.25, 0.3) is 0 Å². The molecule has 2 rings (SSSR count). The van der Waals surface area contributed by atoms with Crippen molar-refractivity contribution in [2.24, 2.45) is 10.8 Å². The summed E-state index contributed by atoms with van der Waals surface area (Å²) in [4.78, 5) is 6.96. The van der Waals surface area contributed by atoms with Crippen molar-refractivity contribution in [3.63, 3.8) is 0 Å². The molecule has 1 aliphatic carbocycles. The molecule has 0 amide bonds. The fourth-order valence-electron chi connectivity index (χ4n) is 1.28. The van der Waals surface area contributed by atoms with E-state index in [1.54, 1.807) is 11.3 Å². The van der Waals surface area contributed by atoms with Gasteiger partial charge in [-0.2, -0.15) is 0 Å². The van der Waals surface area contributed by atoms with Gasteiger partial charge in [-0.1, -0.05) is 0 Å². The van der Waals surface area contributed by atoms with Crippen LogP contribution in [0, 0.1) is 6.92 Å². The molecule has 0 saturated heterocycles. The topological polar surface area (TPSA) is 62.4 Å². The van der Waals surface area contributed by atoms with E-state index in [1.165, 1.54) is 22.6 Å². The number of hydrogen-bond donors (Lipinski definition) is 3. The van der Waals surface area contributed by atoms with E-state index in [-0.39, 0.29) is 0 Å². The Balaban J connectivity index is 1.89. The van der Waals surface area contributed by atoms with E-state index in [0.29, 0.717) is 18.5 Å². The zero-order chi connectivity index (χ0) is 10.7. The Kier molecular flexibility index (Phi) is 3.23. The van der Waals surface area contributed by atoms with Gasteiger partial charge in [0.15, 0.2) is 0 Å². The summed E-state index contributed by atoms with van der Waals surface area (Å²) in [7, 11) is 0. The third-order valence-corrected chi connectivity index (χ3v) is 3.23. The van der Waals surface area contributed by atoms with Crippen molar-refractivity contribution in [2.45, 2.75) is 32.4 Å². The molecule has 0 bridgehead atoms. The molecule has 0 atom stereocenters. The number of nitrogens with one attached hydrogen (secondary N) is 2. The van der Waals surface area contributed by atoms with Gasteiger partial charge in [0.1, 0.15) is 0 Å². The minimum Gasteiger partial charge on any atom is -0.353 e. The van der Waals surface area contributed by atoms with Gasteiger partial charge in [-0.3, -0.25) is 5.43 Å². The fraction of sp³-hybridized carbons (Fsp3) is 0.500. The van der Waals surface area contributed by atoms with Crippen molar-refractivity contribution in [1.82, 2.24) is 10.7 Å². The van der Waals surface area contributed by atoms with Crippen LogP contribution in [0.4, 0.5) is 0 Å². The molecular weight excluding hydrogens is 208 g/mol. The quantitative estimate of drug-likeness (QED) is 0.312. The van der Waals surface area contributed by atoms with Crippen LogP contribution >= 0.6 is 11.3 Å². The molecule has 1 fully saturated rings. The Morgan fingerprint density at radius 1 is 1.60 bits per heavy atom. The lowest BCUT2D eigenvalue weighted by atomic mass is 10.4. The normalized spacial score (nSPS) is 16.5. The molecular formula is C10H16N4S. The lowest BCUT2D eigenvalue weighted by Crippen LogP contribution is -2.42. The van der Waals surface area contributed by atoms with Crippen molar-refractivity contribution in [1.29, 1.82) is 0 Å². The second kappa shape index (κ2) is 4.63. The maximum absolute atomic E-state index is 5.38. The molecule has 0 aromatic carbocycles. The molecule has 0 unspecified atom stereocenters. The number of nitrogens with zero attached hydrogens (tertiary/aromatic N) is 1. The predicted octanol–water partition coefficient (Wildman–Crippen LogP) is 1.13. The molecule has 0 aliphatic heterocycles. The van der Waals surface area contributed by atoms with Crippen molar-refractivity contribution in [3.8, 4) is 0 Å². The molecule has 4 N–H and O–H groups in total.